The van der Waals surface area contributed by atoms with E-state index in [1.54, 1.807) is 13.8 Å². The number of aliphatic carboxylic acids is 1. The van der Waals surface area contributed by atoms with Gasteiger partial charge in [-0.25, -0.2) is 14.4 Å². The summed E-state index contributed by atoms with van der Waals surface area (Å²) in [7, 11) is 0. The fraction of sp³-hybridized carbons (Fsp3) is 0.364. The predicted molar refractivity (Wildman–Crippen MR) is 118 cm³/mol. The Morgan fingerprint density at radius 2 is 1.97 bits per heavy atom. The van der Waals surface area contributed by atoms with Crippen LogP contribution in [0.3, 0.4) is 0 Å². The molecule has 3 heterocycles. The third kappa shape index (κ3) is 4.62. The van der Waals surface area contributed by atoms with Crippen molar-refractivity contribution in [3.8, 4) is 5.75 Å². The number of carboxylic acid groups (broad SMARTS) is 1. The number of hydrogen-bond acceptors (Lipinski definition) is 7. The molecule has 0 bridgehead atoms. The van der Waals surface area contributed by atoms with Gasteiger partial charge >= 0.3 is 5.97 Å². The molecule has 11 heteroatoms. The third-order valence-corrected chi connectivity index (χ3v) is 6.24. The summed E-state index contributed by atoms with van der Waals surface area (Å²) in [5, 5.41) is 12.5. The van der Waals surface area contributed by atoms with Gasteiger partial charge in [0.2, 0.25) is 0 Å². The molecule has 4 N–H and O–H groups in total. The van der Waals surface area contributed by atoms with Gasteiger partial charge in [0.05, 0.1) is 35.1 Å². The van der Waals surface area contributed by atoms with E-state index in [1.165, 1.54) is 17.0 Å². The molecule has 1 amide bonds. The Kier molecular flexibility index (Phi) is 6.22. The van der Waals surface area contributed by atoms with E-state index in [-0.39, 0.29) is 37.4 Å². The van der Waals surface area contributed by atoms with Crippen LogP contribution < -0.4 is 15.8 Å². The van der Waals surface area contributed by atoms with Gasteiger partial charge in [-0.1, -0.05) is 11.6 Å². The molecule has 2 unspecified atom stereocenters. The highest BCUT2D eigenvalue weighted by atomic mass is 35.5. The van der Waals surface area contributed by atoms with Crippen LogP contribution in [-0.4, -0.2) is 63.6 Å². The number of aryl methyl sites for hydroxylation is 2. The van der Waals surface area contributed by atoms with Gasteiger partial charge in [0.25, 0.3) is 5.91 Å². The molecule has 0 saturated carbocycles. The van der Waals surface area contributed by atoms with Crippen molar-refractivity contribution >= 4 is 29.1 Å². The van der Waals surface area contributed by atoms with Crippen molar-refractivity contribution in [1.82, 2.24) is 20.2 Å². The molecule has 33 heavy (non-hydrogen) atoms. The molecule has 1 saturated heterocycles. The second-order valence-corrected chi connectivity index (χ2v) is 8.49. The fourth-order valence-electron chi connectivity index (χ4n) is 3.95. The van der Waals surface area contributed by atoms with Gasteiger partial charge in [-0.15, -0.1) is 0 Å². The minimum atomic E-state index is -0.988. The minimum absolute atomic E-state index is 0.0549. The van der Waals surface area contributed by atoms with Crippen LogP contribution in [-0.2, 0) is 4.79 Å². The lowest BCUT2D eigenvalue weighted by Crippen LogP contribution is -2.31. The molecule has 2 aliphatic rings. The molecule has 0 aliphatic carbocycles. The number of rotatable bonds is 5. The maximum Gasteiger partial charge on any atom is 0.320 e. The van der Waals surface area contributed by atoms with Gasteiger partial charge in [0.1, 0.15) is 23.7 Å². The Labute approximate surface area is 194 Å². The van der Waals surface area contributed by atoms with E-state index in [9.17, 15) is 14.0 Å². The quantitative estimate of drug-likeness (QED) is 0.597. The maximum atomic E-state index is 14.0. The van der Waals surface area contributed by atoms with Crippen LogP contribution in [0.2, 0.25) is 5.02 Å². The van der Waals surface area contributed by atoms with Crippen molar-refractivity contribution < 1.29 is 23.8 Å². The van der Waals surface area contributed by atoms with Gasteiger partial charge in [0.15, 0.2) is 5.82 Å². The normalized spacial score (nSPS) is 20.4. The van der Waals surface area contributed by atoms with Crippen LogP contribution in [0.25, 0.3) is 5.57 Å². The lowest BCUT2D eigenvalue weighted by atomic mass is 10.1. The van der Waals surface area contributed by atoms with Crippen molar-refractivity contribution in [2.24, 2.45) is 5.73 Å². The molecule has 9 nitrogen and oxygen atoms in total. The van der Waals surface area contributed by atoms with Crippen molar-refractivity contribution in [2.45, 2.75) is 32.4 Å². The summed E-state index contributed by atoms with van der Waals surface area (Å²) in [5.74, 6) is -1.49. The first-order valence-corrected chi connectivity index (χ1v) is 10.7. The second-order valence-electron chi connectivity index (χ2n) is 8.11. The smallest absolute Gasteiger partial charge is 0.320 e. The van der Waals surface area contributed by atoms with Crippen LogP contribution in [0.4, 0.5) is 4.39 Å². The van der Waals surface area contributed by atoms with Gasteiger partial charge < -0.3 is 25.8 Å². The molecule has 4 rings (SSSR count). The third-order valence-electron chi connectivity index (χ3n) is 5.69. The van der Waals surface area contributed by atoms with Crippen molar-refractivity contribution in [1.29, 1.82) is 0 Å². The standard InChI is InChI=1S/C22H23ClFN5O4/c1-10-19(23)11(2)28-20(27-10)15-8-29(9-16(15)25)21(30)14-4-3-12(24)5-18(14)33-13-6-17(22(31)32)26-7-13/h3-5,13,17,26H,6-9,25H2,1-2H3,(H,31,32). The molecule has 2 aliphatic heterocycles. The molecule has 1 aromatic carbocycles. The number of nitrogens with one attached hydrogen (secondary N) is 1. The minimum Gasteiger partial charge on any atom is -0.488 e. The number of benzene rings is 1. The molecule has 1 aromatic heterocycles. The topological polar surface area (TPSA) is 131 Å². The van der Waals surface area contributed by atoms with E-state index < -0.39 is 29.8 Å². The number of nitrogens with two attached hydrogens (primary N) is 1. The molecule has 174 valence electrons. The molecular formula is C22H23ClFN5O4. The summed E-state index contributed by atoms with van der Waals surface area (Å²) in [5.41, 5.74) is 8.68. The van der Waals surface area contributed by atoms with Gasteiger partial charge in [-0.2, -0.15) is 0 Å². The molecular weight excluding hydrogens is 453 g/mol. The Hall–Kier alpha value is -3.24. The largest absolute Gasteiger partial charge is 0.488 e. The maximum absolute atomic E-state index is 14.0. The lowest BCUT2D eigenvalue weighted by Gasteiger charge is -2.20. The van der Waals surface area contributed by atoms with E-state index in [4.69, 9.17) is 27.2 Å². The Morgan fingerprint density at radius 3 is 2.61 bits per heavy atom. The molecule has 0 radical (unpaired) electrons. The van der Waals surface area contributed by atoms with E-state index in [1.807, 2.05) is 0 Å². The lowest BCUT2D eigenvalue weighted by molar-refractivity contribution is -0.139. The van der Waals surface area contributed by atoms with E-state index in [2.05, 4.69) is 15.3 Å². The van der Waals surface area contributed by atoms with Crippen molar-refractivity contribution in [2.75, 3.05) is 19.6 Å². The van der Waals surface area contributed by atoms with Gasteiger partial charge in [-0.3, -0.25) is 9.59 Å². The first kappa shape index (κ1) is 22.9. The average molecular weight is 476 g/mol. The molecule has 2 aromatic rings. The summed E-state index contributed by atoms with van der Waals surface area (Å²) in [6.45, 7) is 4.14. The number of carboxylic acids is 1. The van der Waals surface area contributed by atoms with Crippen LogP contribution in [0.15, 0.2) is 23.9 Å². The second kappa shape index (κ2) is 8.95. The zero-order valence-electron chi connectivity index (χ0n) is 18.1. The van der Waals surface area contributed by atoms with Crippen LogP contribution in [0, 0.1) is 19.7 Å². The van der Waals surface area contributed by atoms with Gasteiger partial charge in [0, 0.05) is 30.3 Å². The summed E-state index contributed by atoms with van der Waals surface area (Å²) < 4.78 is 19.8. The van der Waals surface area contributed by atoms with E-state index >= 15 is 0 Å². The van der Waals surface area contributed by atoms with Crippen molar-refractivity contribution in [3.63, 3.8) is 0 Å². The Balaban J connectivity index is 1.54. The Bertz CT molecular complexity index is 1150. The van der Waals surface area contributed by atoms with Crippen molar-refractivity contribution in [3.05, 3.63) is 57.5 Å². The van der Waals surface area contributed by atoms with Gasteiger partial charge in [-0.05, 0) is 26.0 Å². The highest BCUT2D eigenvalue weighted by Gasteiger charge is 2.33. The van der Waals surface area contributed by atoms with Crippen LogP contribution >= 0.6 is 11.6 Å². The van der Waals surface area contributed by atoms with E-state index in [0.717, 1.165) is 6.07 Å². The summed E-state index contributed by atoms with van der Waals surface area (Å²) in [4.78, 5) is 34.8. The summed E-state index contributed by atoms with van der Waals surface area (Å²) >= 11 is 6.16. The molecule has 2 atom stereocenters. The number of halogens is 2. The number of hydrogen-bond donors (Lipinski definition) is 3. The number of ether oxygens (including phenoxy) is 1. The highest BCUT2D eigenvalue weighted by molar-refractivity contribution is 6.31. The molecule has 1 fully saturated rings. The summed E-state index contributed by atoms with van der Waals surface area (Å²) in [6, 6.07) is 2.91. The van der Waals surface area contributed by atoms with Crippen LogP contribution in [0.5, 0.6) is 5.75 Å². The first-order valence-electron chi connectivity index (χ1n) is 10.3. The van der Waals surface area contributed by atoms with E-state index in [0.29, 0.717) is 33.5 Å². The number of carbonyl (C=O) groups excluding carboxylic acids is 1. The number of nitrogens with zero attached hydrogens (tertiary/aromatic N) is 3. The SMILES string of the molecule is Cc1nc(C2=C(N)CN(C(=O)c3ccc(F)cc3OC3CNC(C(=O)O)C3)C2)nc(C)c1Cl. The average Bonchev–Trinajstić information content (AvgIpc) is 3.38. The highest BCUT2D eigenvalue weighted by Crippen LogP contribution is 2.29. The number of amides is 1. The molecule has 0 spiro atoms. The predicted octanol–water partition coefficient (Wildman–Crippen LogP) is 1.91. The fourth-order valence-corrected chi connectivity index (χ4v) is 4.03. The monoisotopic (exact) mass is 475 g/mol. The summed E-state index contributed by atoms with van der Waals surface area (Å²) in [6.07, 6.45) is -0.306. The zero-order valence-corrected chi connectivity index (χ0v) is 18.8. The zero-order chi connectivity index (χ0) is 23.9. The first-order chi connectivity index (χ1) is 15.6. The van der Waals surface area contributed by atoms with Crippen LogP contribution in [0.1, 0.15) is 34.0 Å². The number of aromatic nitrogens is 2. The number of carbonyl (C=O) groups is 2. The Morgan fingerprint density at radius 1 is 1.27 bits per heavy atom.